The number of nitrogens with one attached hydrogen (secondary N) is 1. The lowest BCUT2D eigenvalue weighted by atomic mass is 9.68. The lowest BCUT2D eigenvalue weighted by molar-refractivity contribution is -0.144. The summed E-state index contributed by atoms with van der Waals surface area (Å²) in [7, 11) is 3.98. The highest BCUT2D eigenvalue weighted by Gasteiger charge is 2.39. The number of rotatable bonds is 8. The number of aromatic nitrogens is 2. The predicted molar refractivity (Wildman–Crippen MR) is 110 cm³/mol. The van der Waals surface area contributed by atoms with Crippen LogP contribution in [0.2, 0.25) is 0 Å². The first-order valence-electron chi connectivity index (χ1n) is 10.6. The monoisotopic (exact) mass is 444 g/mol. The summed E-state index contributed by atoms with van der Waals surface area (Å²) in [6.07, 6.45) is -1.87. The molecule has 0 aromatic carbocycles. The third-order valence-corrected chi connectivity index (χ3v) is 6.28. The minimum Gasteiger partial charge on any atom is -0.383 e. The topological polar surface area (TPSA) is 108 Å². The fourth-order valence-electron chi connectivity index (χ4n) is 4.51. The van der Waals surface area contributed by atoms with Crippen LogP contribution in [0.25, 0.3) is 0 Å². The second-order valence-electron chi connectivity index (χ2n) is 9.05. The molecule has 31 heavy (non-hydrogen) atoms. The lowest BCUT2D eigenvalue weighted by Crippen LogP contribution is -2.44. The van der Waals surface area contributed by atoms with Gasteiger partial charge in [0.2, 0.25) is 11.7 Å². The van der Waals surface area contributed by atoms with Crippen molar-refractivity contribution >= 4 is 17.5 Å². The van der Waals surface area contributed by atoms with Crippen molar-refractivity contribution in [2.24, 2.45) is 17.1 Å². The Morgan fingerprint density at radius 2 is 2.00 bits per heavy atom. The van der Waals surface area contributed by atoms with Gasteiger partial charge in [-0.25, -0.2) is 9.97 Å². The molecule has 2 aliphatic rings. The molecule has 8 nitrogen and oxygen atoms in total. The minimum absolute atomic E-state index is 0.0380. The summed E-state index contributed by atoms with van der Waals surface area (Å²) in [5, 5.41) is 13.0. The summed E-state index contributed by atoms with van der Waals surface area (Å²) in [6.45, 7) is 2.15. The van der Waals surface area contributed by atoms with Gasteiger partial charge in [0, 0.05) is 37.7 Å². The highest BCUT2D eigenvalue weighted by molar-refractivity contribution is 5.78. The molecule has 0 bridgehead atoms. The fraction of sp³-hybridized carbons (Fsp3) is 0.750. The summed E-state index contributed by atoms with van der Waals surface area (Å²) >= 11 is 0. The molecule has 1 amide bonds. The second-order valence-corrected chi connectivity index (χ2v) is 9.05. The largest absolute Gasteiger partial charge is 0.451 e. The molecule has 0 radical (unpaired) electrons. The summed E-state index contributed by atoms with van der Waals surface area (Å²) in [6, 6.07) is 1.54. The number of aliphatic hydroxyl groups is 1. The Bertz CT molecular complexity index is 777. The number of anilines is 2. The van der Waals surface area contributed by atoms with E-state index in [9.17, 15) is 23.1 Å². The van der Waals surface area contributed by atoms with Crippen LogP contribution in [0.3, 0.4) is 0 Å². The molecule has 1 saturated heterocycles. The molecule has 1 saturated carbocycles. The molecule has 3 rings (SSSR count). The van der Waals surface area contributed by atoms with Gasteiger partial charge in [-0.1, -0.05) is 6.42 Å². The van der Waals surface area contributed by atoms with Crippen molar-refractivity contribution in [2.75, 3.05) is 50.5 Å². The number of alkyl halides is 3. The Labute approximate surface area is 180 Å². The quantitative estimate of drug-likeness (QED) is 0.560. The smallest absolute Gasteiger partial charge is 0.383 e. The van der Waals surface area contributed by atoms with Crippen molar-refractivity contribution in [2.45, 2.75) is 44.4 Å². The highest BCUT2D eigenvalue weighted by atomic mass is 19.4. The average molecular weight is 445 g/mol. The van der Waals surface area contributed by atoms with Gasteiger partial charge in [0.05, 0.1) is 0 Å². The first-order valence-corrected chi connectivity index (χ1v) is 10.6. The van der Waals surface area contributed by atoms with Crippen molar-refractivity contribution in [3.63, 3.8) is 0 Å². The molecule has 1 aromatic heterocycles. The van der Waals surface area contributed by atoms with E-state index in [0.29, 0.717) is 32.5 Å². The minimum atomic E-state index is -4.66. The van der Waals surface area contributed by atoms with Crippen LogP contribution in [-0.2, 0) is 11.0 Å². The molecular weight excluding hydrogens is 413 g/mol. The summed E-state index contributed by atoms with van der Waals surface area (Å²) in [5.41, 5.74) is 5.19. The zero-order chi connectivity index (χ0) is 22.8. The van der Waals surface area contributed by atoms with Crippen LogP contribution >= 0.6 is 0 Å². The van der Waals surface area contributed by atoms with E-state index < -0.39 is 24.0 Å². The van der Waals surface area contributed by atoms with Crippen LogP contribution in [0.5, 0.6) is 0 Å². The first kappa shape index (κ1) is 23.5. The number of nitrogens with two attached hydrogens (primary N) is 1. The maximum absolute atomic E-state index is 13.4. The van der Waals surface area contributed by atoms with Gasteiger partial charge < -0.3 is 26.0 Å². The molecule has 4 N–H and O–H groups in total. The van der Waals surface area contributed by atoms with Crippen molar-refractivity contribution in [3.05, 3.63) is 11.9 Å². The first-order chi connectivity index (χ1) is 14.5. The summed E-state index contributed by atoms with van der Waals surface area (Å²) in [4.78, 5) is 22.5. The van der Waals surface area contributed by atoms with E-state index in [4.69, 9.17) is 5.73 Å². The van der Waals surface area contributed by atoms with Gasteiger partial charge in [-0.2, -0.15) is 13.2 Å². The maximum atomic E-state index is 13.4. The predicted octanol–water partition coefficient (Wildman–Crippen LogP) is 1.70. The van der Waals surface area contributed by atoms with Gasteiger partial charge in [-0.15, -0.1) is 0 Å². The van der Waals surface area contributed by atoms with Crippen LogP contribution < -0.4 is 16.0 Å². The maximum Gasteiger partial charge on any atom is 0.451 e. The number of halogens is 3. The standard InChI is InChI=1S/C20H31F3N6O2/c1-28(2)12-19(6-3-7-19)11-25-14-10-15(27-18(26-14)20(21,22)23)29-8-4-13(5-9-29)16(30)17(24)31/h10,13,16,30H,3-9,11-12H2,1-2H3,(H2,24,31)(H,25,26,27). The molecule has 1 aliphatic carbocycles. The molecular formula is C20H31F3N6O2. The number of piperidine rings is 1. The Kier molecular flexibility index (Phi) is 6.95. The number of carbonyl (C=O) groups excluding carboxylic acids is 1. The van der Waals surface area contributed by atoms with Crippen molar-refractivity contribution in [3.8, 4) is 0 Å². The van der Waals surface area contributed by atoms with Gasteiger partial charge in [0.15, 0.2) is 0 Å². The number of nitrogens with zero attached hydrogens (tertiary/aromatic N) is 4. The van der Waals surface area contributed by atoms with Crippen LogP contribution in [0.4, 0.5) is 24.8 Å². The van der Waals surface area contributed by atoms with Gasteiger partial charge in [-0.3, -0.25) is 4.79 Å². The Balaban J connectivity index is 1.74. The molecule has 1 unspecified atom stereocenters. The normalized spacial score (nSPS) is 20.4. The third kappa shape index (κ3) is 5.76. The molecule has 11 heteroatoms. The van der Waals surface area contributed by atoms with E-state index >= 15 is 0 Å². The Morgan fingerprint density at radius 1 is 1.35 bits per heavy atom. The summed E-state index contributed by atoms with van der Waals surface area (Å²) in [5.74, 6) is -1.93. The molecule has 1 aliphatic heterocycles. The van der Waals surface area contributed by atoms with Gasteiger partial charge >= 0.3 is 6.18 Å². The van der Waals surface area contributed by atoms with Crippen LogP contribution in [0.15, 0.2) is 6.07 Å². The van der Waals surface area contributed by atoms with Gasteiger partial charge in [-0.05, 0) is 45.7 Å². The van der Waals surface area contributed by atoms with Crippen molar-refractivity contribution in [1.29, 1.82) is 0 Å². The molecule has 0 spiro atoms. The number of primary amides is 1. The lowest BCUT2D eigenvalue weighted by Gasteiger charge is -2.44. The zero-order valence-electron chi connectivity index (χ0n) is 18.0. The molecule has 1 aromatic rings. The molecule has 174 valence electrons. The molecule has 1 atom stereocenters. The SMILES string of the molecule is CN(C)CC1(CNc2cc(N3CCC(C(O)C(N)=O)CC3)nc(C(F)(F)F)n2)CCC1. The number of carbonyl (C=O) groups is 1. The molecule has 2 heterocycles. The van der Waals surface area contributed by atoms with Gasteiger partial charge in [0.25, 0.3) is 0 Å². The van der Waals surface area contributed by atoms with E-state index in [1.165, 1.54) is 0 Å². The highest BCUT2D eigenvalue weighted by Crippen LogP contribution is 2.41. The zero-order valence-corrected chi connectivity index (χ0v) is 18.0. The van der Waals surface area contributed by atoms with E-state index in [-0.39, 0.29) is 23.0 Å². The molecule has 2 fully saturated rings. The Morgan fingerprint density at radius 3 is 2.48 bits per heavy atom. The van der Waals surface area contributed by atoms with E-state index in [0.717, 1.165) is 25.8 Å². The third-order valence-electron chi connectivity index (χ3n) is 6.28. The van der Waals surface area contributed by atoms with E-state index in [1.54, 1.807) is 11.0 Å². The van der Waals surface area contributed by atoms with Crippen molar-refractivity contribution < 1.29 is 23.1 Å². The fourth-order valence-corrected chi connectivity index (χ4v) is 4.51. The second kappa shape index (κ2) is 9.15. The van der Waals surface area contributed by atoms with Crippen LogP contribution in [0.1, 0.15) is 37.9 Å². The summed E-state index contributed by atoms with van der Waals surface area (Å²) < 4.78 is 40.3. The van der Waals surface area contributed by atoms with E-state index in [2.05, 4.69) is 20.2 Å². The van der Waals surface area contributed by atoms with Crippen molar-refractivity contribution in [1.82, 2.24) is 14.9 Å². The number of amides is 1. The number of hydrogen-bond donors (Lipinski definition) is 3. The number of aliphatic hydroxyl groups excluding tert-OH is 1. The number of hydrogen-bond acceptors (Lipinski definition) is 7. The van der Waals surface area contributed by atoms with Gasteiger partial charge in [0.1, 0.15) is 17.7 Å². The van der Waals surface area contributed by atoms with E-state index in [1.807, 2.05) is 14.1 Å². The Hall–Kier alpha value is -2.14. The average Bonchev–Trinajstić information content (AvgIpc) is 2.68. The van der Waals surface area contributed by atoms with Crippen LogP contribution in [-0.4, -0.2) is 72.3 Å². The van der Waals surface area contributed by atoms with Crippen LogP contribution in [0, 0.1) is 11.3 Å².